The van der Waals surface area contributed by atoms with E-state index in [9.17, 15) is 14.7 Å². The molecule has 0 fully saturated rings. The van der Waals surface area contributed by atoms with Gasteiger partial charge in [-0.2, -0.15) is 0 Å². The van der Waals surface area contributed by atoms with Crippen LogP contribution in [0.3, 0.4) is 0 Å². The number of benzene rings is 2. The van der Waals surface area contributed by atoms with Crippen LogP contribution in [0, 0.1) is 13.8 Å². The van der Waals surface area contributed by atoms with Crippen molar-refractivity contribution in [1.82, 2.24) is 0 Å². The maximum atomic E-state index is 13.2. The lowest BCUT2D eigenvalue weighted by molar-refractivity contribution is 0.0540. The van der Waals surface area contributed by atoms with Crippen molar-refractivity contribution in [2.24, 2.45) is 0 Å². The van der Waals surface area contributed by atoms with E-state index >= 15 is 0 Å². The Labute approximate surface area is 202 Å². The summed E-state index contributed by atoms with van der Waals surface area (Å²) in [6.07, 6.45) is 0. The molecule has 0 atom stereocenters. The van der Waals surface area contributed by atoms with Crippen LogP contribution in [0.2, 0.25) is 0 Å². The molecule has 1 aliphatic rings. The Kier molecular flexibility index (Phi) is 5.61. The number of rotatable bonds is 5. The van der Waals surface area contributed by atoms with E-state index in [0.29, 0.717) is 11.1 Å². The number of carbonyl (C=O) groups excluding carboxylic acids is 1. The van der Waals surface area contributed by atoms with Crippen LogP contribution in [0.15, 0.2) is 59.3 Å². The molecule has 6 nitrogen and oxygen atoms in total. The lowest BCUT2D eigenvalue weighted by atomic mass is 10.00. The van der Waals surface area contributed by atoms with E-state index < -0.39 is 11.9 Å². The second-order valence-electron chi connectivity index (χ2n) is 7.44. The Morgan fingerprint density at radius 2 is 1.64 bits per heavy atom. The van der Waals surface area contributed by atoms with Gasteiger partial charge in [0.25, 0.3) is 0 Å². The predicted molar refractivity (Wildman–Crippen MR) is 135 cm³/mol. The fourth-order valence-corrected chi connectivity index (χ4v) is 5.95. The highest BCUT2D eigenvalue weighted by molar-refractivity contribution is 8.02. The van der Waals surface area contributed by atoms with E-state index in [4.69, 9.17) is 4.84 Å². The lowest BCUT2D eigenvalue weighted by Gasteiger charge is -2.19. The maximum Gasteiger partial charge on any atom is 0.364 e. The first-order chi connectivity index (χ1) is 15.9. The number of nitrogens with zero attached hydrogens (tertiary/aromatic N) is 1. The van der Waals surface area contributed by atoms with Crippen LogP contribution < -0.4 is 9.19 Å². The van der Waals surface area contributed by atoms with Crippen molar-refractivity contribution < 1.29 is 19.5 Å². The van der Waals surface area contributed by atoms with Gasteiger partial charge in [0.15, 0.2) is 0 Å². The lowest BCUT2D eigenvalue weighted by Crippen LogP contribution is -2.20. The molecule has 1 aliphatic heterocycles. The minimum absolute atomic E-state index is 0.0527. The average molecular weight is 495 g/mol. The van der Waals surface area contributed by atoms with Crippen molar-refractivity contribution in [2.75, 3.05) is 9.19 Å². The largest absolute Gasteiger partial charge is 0.478 e. The van der Waals surface area contributed by atoms with Crippen molar-refractivity contribution >= 4 is 58.1 Å². The highest BCUT2D eigenvalue weighted by Gasteiger charge is 2.32. The summed E-state index contributed by atoms with van der Waals surface area (Å²) in [4.78, 5) is 32.6. The first-order valence-electron chi connectivity index (χ1n) is 9.98. The Bertz CT molecular complexity index is 1370. The zero-order chi connectivity index (χ0) is 23.1. The van der Waals surface area contributed by atoms with Crippen molar-refractivity contribution in [3.63, 3.8) is 0 Å². The van der Waals surface area contributed by atoms with Crippen LogP contribution in [-0.2, 0) is 4.84 Å². The number of hydrogen-bond acceptors (Lipinski definition) is 8. The van der Waals surface area contributed by atoms with Crippen LogP contribution in [0.4, 0.5) is 11.4 Å². The number of nitrogens with one attached hydrogen (secondary N) is 1. The molecule has 0 saturated carbocycles. The standard InChI is InChI=1S/C24H18N2O4S3/c1-13-11-15(23(27)28)12-18(14(13)2)24(29)30-26-22-17(20-6-4-10-32-20)8-7-16(21(22)25-33-26)19-5-3-9-31-19/h3-12,25H,1-2H3,(H,27,28). The van der Waals surface area contributed by atoms with E-state index in [1.54, 1.807) is 42.6 Å². The number of carboxylic acids is 1. The molecule has 2 N–H and O–H groups in total. The molecule has 0 amide bonds. The quantitative estimate of drug-likeness (QED) is 0.288. The molecular weight excluding hydrogens is 476 g/mol. The zero-order valence-corrected chi connectivity index (χ0v) is 20.1. The summed E-state index contributed by atoms with van der Waals surface area (Å²) >= 11 is 4.41. The molecule has 2 aromatic heterocycles. The summed E-state index contributed by atoms with van der Waals surface area (Å²) in [6, 6.07) is 15.1. The fourth-order valence-electron chi connectivity index (χ4n) is 3.67. The van der Waals surface area contributed by atoms with Crippen LogP contribution in [0.25, 0.3) is 20.9 Å². The molecule has 4 aromatic rings. The van der Waals surface area contributed by atoms with Gasteiger partial charge in [-0.15, -0.1) is 27.1 Å². The van der Waals surface area contributed by atoms with Gasteiger partial charge in [-0.05, 0) is 60.0 Å². The van der Waals surface area contributed by atoms with Crippen LogP contribution in [0.1, 0.15) is 31.8 Å². The Morgan fingerprint density at radius 3 is 2.27 bits per heavy atom. The number of thiophene rings is 2. The molecule has 33 heavy (non-hydrogen) atoms. The second-order valence-corrected chi connectivity index (χ2v) is 10.1. The first-order valence-corrected chi connectivity index (χ1v) is 12.5. The molecule has 3 heterocycles. The van der Waals surface area contributed by atoms with Gasteiger partial charge in [-0.25, -0.2) is 9.59 Å². The van der Waals surface area contributed by atoms with Gasteiger partial charge < -0.3 is 14.7 Å². The number of fused-ring (bicyclic) bond motifs is 1. The molecule has 0 spiro atoms. The van der Waals surface area contributed by atoms with Crippen molar-refractivity contribution in [2.45, 2.75) is 13.8 Å². The predicted octanol–water partition coefficient (Wildman–Crippen LogP) is 7.03. The minimum Gasteiger partial charge on any atom is -0.478 e. The summed E-state index contributed by atoms with van der Waals surface area (Å²) in [6.45, 7) is 3.56. The normalized spacial score (nSPS) is 12.4. The van der Waals surface area contributed by atoms with Crippen molar-refractivity contribution in [3.05, 3.63) is 81.5 Å². The fraction of sp³-hybridized carbons (Fsp3) is 0.0833. The van der Waals surface area contributed by atoms with E-state index in [1.807, 2.05) is 35.0 Å². The highest BCUT2D eigenvalue weighted by atomic mass is 32.2. The third-order valence-corrected chi connectivity index (χ3v) is 7.99. The summed E-state index contributed by atoms with van der Waals surface area (Å²) in [5, 5.41) is 13.4. The number of aryl methyl sites for hydroxylation is 1. The third kappa shape index (κ3) is 3.88. The SMILES string of the molecule is Cc1cc(C(=O)O)cc(C(=O)ON2SNc3c(-c4cccs4)ccc(-c4cccs4)c32)c1C. The van der Waals surface area contributed by atoms with E-state index in [2.05, 4.69) is 16.9 Å². The van der Waals surface area contributed by atoms with Gasteiger partial charge in [0.1, 0.15) is 17.8 Å². The van der Waals surface area contributed by atoms with Crippen molar-refractivity contribution in [3.8, 4) is 20.9 Å². The number of hydrogen-bond donors (Lipinski definition) is 2. The summed E-state index contributed by atoms with van der Waals surface area (Å²) < 4.78 is 4.78. The second kappa shape index (κ2) is 8.58. The Morgan fingerprint density at radius 1 is 0.970 bits per heavy atom. The average Bonchev–Trinajstić information content (AvgIpc) is 3.57. The smallest absolute Gasteiger partial charge is 0.364 e. The summed E-state index contributed by atoms with van der Waals surface area (Å²) in [5.41, 5.74) is 5.27. The molecule has 2 aromatic carbocycles. The zero-order valence-electron chi connectivity index (χ0n) is 17.6. The molecule has 0 radical (unpaired) electrons. The molecule has 0 unspecified atom stereocenters. The van der Waals surface area contributed by atoms with Gasteiger partial charge in [0.05, 0.1) is 16.8 Å². The monoisotopic (exact) mass is 494 g/mol. The molecule has 0 aliphatic carbocycles. The number of carboxylic acid groups (broad SMARTS) is 1. The van der Waals surface area contributed by atoms with Gasteiger partial charge in [-0.3, -0.25) is 0 Å². The van der Waals surface area contributed by atoms with E-state index in [0.717, 1.165) is 32.3 Å². The van der Waals surface area contributed by atoms with Crippen LogP contribution in [-0.4, -0.2) is 17.0 Å². The van der Waals surface area contributed by atoms with Gasteiger partial charge >= 0.3 is 11.9 Å². The van der Waals surface area contributed by atoms with Crippen LogP contribution in [0.5, 0.6) is 0 Å². The third-order valence-electron chi connectivity index (χ3n) is 5.46. The molecular formula is C24H18N2O4S3. The maximum absolute atomic E-state index is 13.2. The van der Waals surface area contributed by atoms with Crippen LogP contribution >= 0.6 is 34.8 Å². The summed E-state index contributed by atoms with van der Waals surface area (Å²) in [5.74, 6) is -1.70. The number of aromatic carboxylic acids is 1. The molecule has 5 rings (SSSR count). The minimum atomic E-state index is -1.09. The van der Waals surface area contributed by atoms with Gasteiger partial charge in [-0.1, -0.05) is 24.3 Å². The molecule has 166 valence electrons. The molecule has 0 saturated heterocycles. The van der Waals surface area contributed by atoms with E-state index in [-0.39, 0.29) is 11.1 Å². The molecule has 9 heteroatoms. The van der Waals surface area contributed by atoms with Gasteiger partial charge in [0.2, 0.25) is 0 Å². The summed E-state index contributed by atoms with van der Waals surface area (Å²) in [7, 11) is 0. The van der Waals surface area contributed by atoms with Gasteiger partial charge in [0, 0.05) is 20.9 Å². The highest BCUT2D eigenvalue weighted by Crippen LogP contribution is 2.52. The topological polar surface area (TPSA) is 78.9 Å². The van der Waals surface area contributed by atoms with E-state index in [1.165, 1.54) is 22.7 Å². The Hall–Kier alpha value is -3.27. The Balaban J connectivity index is 1.57. The first kappa shape index (κ1) is 21.6. The number of carbonyl (C=O) groups is 2. The molecule has 0 bridgehead atoms. The number of anilines is 2. The van der Waals surface area contributed by atoms with Crippen molar-refractivity contribution in [1.29, 1.82) is 0 Å².